The Labute approximate surface area is 189 Å². The van der Waals surface area contributed by atoms with Gasteiger partial charge in [0.1, 0.15) is 0 Å². The van der Waals surface area contributed by atoms with Crippen molar-refractivity contribution < 1.29 is 23.7 Å². The number of benzene rings is 1. The number of unbranched alkanes of at least 4 members (excludes halogenated alkanes) is 13. The number of aromatic hydroxyl groups is 3. The molecule has 0 amide bonds. The van der Waals surface area contributed by atoms with Gasteiger partial charge in [-0.3, -0.25) is 0 Å². The van der Waals surface area contributed by atoms with E-state index in [4.69, 9.17) is 0 Å². The topological polar surface area (TPSA) is 107 Å². The Kier molecular flexibility index (Phi) is 14.4. The van der Waals surface area contributed by atoms with Crippen LogP contribution in [0.2, 0.25) is 0 Å². The molecule has 0 fully saturated rings. The van der Waals surface area contributed by atoms with E-state index in [-0.39, 0.29) is 12.3 Å². The highest BCUT2D eigenvalue weighted by molar-refractivity contribution is 7.89. The van der Waals surface area contributed by atoms with Gasteiger partial charge in [-0.15, -0.1) is 0 Å². The molecule has 4 N–H and O–H groups in total. The number of hydrogen-bond acceptors (Lipinski definition) is 5. The van der Waals surface area contributed by atoms with E-state index in [1.54, 1.807) is 0 Å². The minimum Gasteiger partial charge on any atom is -0.504 e. The number of phenols is 3. The molecular formula is C24H43NO5S. The second kappa shape index (κ2) is 16.2. The zero-order valence-electron chi connectivity index (χ0n) is 19.2. The zero-order valence-corrected chi connectivity index (χ0v) is 20.1. The maximum atomic E-state index is 12.1. The maximum Gasteiger partial charge on any atom is 0.211 e. The molecule has 180 valence electrons. The summed E-state index contributed by atoms with van der Waals surface area (Å²) >= 11 is 0. The van der Waals surface area contributed by atoms with Crippen LogP contribution in [0.1, 0.15) is 102 Å². The Morgan fingerprint density at radius 2 is 1.13 bits per heavy atom. The minimum absolute atomic E-state index is 0.122. The summed E-state index contributed by atoms with van der Waals surface area (Å²) in [4.78, 5) is 0. The van der Waals surface area contributed by atoms with Gasteiger partial charge >= 0.3 is 0 Å². The first-order valence-electron chi connectivity index (χ1n) is 12.1. The first-order chi connectivity index (χ1) is 14.9. The van der Waals surface area contributed by atoms with Gasteiger partial charge in [-0.1, -0.05) is 90.4 Å². The van der Waals surface area contributed by atoms with Crippen molar-refractivity contribution in [3.63, 3.8) is 0 Å². The lowest BCUT2D eigenvalue weighted by Gasteiger charge is -2.08. The molecule has 0 unspecified atom stereocenters. The van der Waals surface area contributed by atoms with Crippen LogP contribution in [0.15, 0.2) is 12.1 Å². The van der Waals surface area contributed by atoms with Gasteiger partial charge < -0.3 is 15.3 Å². The highest BCUT2D eigenvalue weighted by atomic mass is 32.2. The van der Waals surface area contributed by atoms with Crippen molar-refractivity contribution in [2.45, 2.75) is 103 Å². The van der Waals surface area contributed by atoms with Gasteiger partial charge in [-0.2, -0.15) is 0 Å². The lowest BCUT2D eigenvalue weighted by molar-refractivity contribution is 0.367. The molecule has 0 aliphatic heterocycles. The molecule has 1 rings (SSSR count). The van der Waals surface area contributed by atoms with Crippen LogP contribution in [0.4, 0.5) is 0 Å². The summed E-state index contributed by atoms with van der Waals surface area (Å²) in [6.45, 7) is 2.43. The fourth-order valence-corrected chi connectivity index (χ4v) is 4.86. The third-order valence-corrected chi connectivity index (χ3v) is 7.10. The van der Waals surface area contributed by atoms with Crippen molar-refractivity contribution in [1.82, 2.24) is 4.72 Å². The van der Waals surface area contributed by atoms with Gasteiger partial charge in [-0.05, 0) is 30.5 Å². The van der Waals surface area contributed by atoms with Crippen molar-refractivity contribution >= 4 is 10.0 Å². The number of rotatable bonds is 19. The lowest BCUT2D eigenvalue weighted by atomic mass is 10.0. The van der Waals surface area contributed by atoms with Gasteiger partial charge in [0.05, 0.1) is 5.75 Å². The Bertz CT molecular complexity index is 683. The van der Waals surface area contributed by atoms with Crippen LogP contribution < -0.4 is 4.72 Å². The van der Waals surface area contributed by atoms with Crippen molar-refractivity contribution in [2.75, 3.05) is 12.3 Å². The summed E-state index contributed by atoms with van der Waals surface area (Å²) in [7, 11) is -3.32. The van der Waals surface area contributed by atoms with Crippen molar-refractivity contribution in [3.05, 3.63) is 17.7 Å². The zero-order chi connectivity index (χ0) is 23.0. The average molecular weight is 458 g/mol. The summed E-state index contributed by atoms with van der Waals surface area (Å²) in [6, 6.07) is 2.63. The number of phenolic OH excluding ortho intramolecular Hbond substituents is 3. The van der Waals surface area contributed by atoms with Crippen molar-refractivity contribution in [2.24, 2.45) is 0 Å². The van der Waals surface area contributed by atoms with E-state index in [0.717, 1.165) is 12.8 Å². The third kappa shape index (κ3) is 13.5. The number of sulfonamides is 1. The Morgan fingerprint density at radius 3 is 1.58 bits per heavy atom. The highest BCUT2D eigenvalue weighted by Crippen LogP contribution is 2.35. The molecule has 0 spiro atoms. The Morgan fingerprint density at radius 1 is 0.710 bits per heavy atom. The highest BCUT2D eigenvalue weighted by Gasteiger charge is 2.11. The van der Waals surface area contributed by atoms with Gasteiger partial charge in [0, 0.05) is 6.54 Å². The third-order valence-electron chi connectivity index (χ3n) is 5.63. The van der Waals surface area contributed by atoms with Crippen LogP contribution in [0.25, 0.3) is 0 Å². The molecule has 1 aromatic carbocycles. The Balaban J connectivity index is 1.99. The van der Waals surface area contributed by atoms with E-state index in [1.807, 2.05) is 0 Å². The molecule has 0 aliphatic rings. The predicted molar refractivity (Wildman–Crippen MR) is 127 cm³/mol. The summed E-state index contributed by atoms with van der Waals surface area (Å²) in [6.07, 6.45) is 17.6. The molecule has 7 heteroatoms. The first-order valence-corrected chi connectivity index (χ1v) is 13.7. The molecule has 1 aromatic rings. The summed E-state index contributed by atoms with van der Waals surface area (Å²) < 4.78 is 26.7. The largest absolute Gasteiger partial charge is 0.504 e. The van der Waals surface area contributed by atoms with E-state index in [2.05, 4.69) is 11.6 Å². The lowest BCUT2D eigenvalue weighted by Crippen LogP contribution is -2.28. The van der Waals surface area contributed by atoms with Crippen LogP contribution in [0.5, 0.6) is 17.2 Å². The molecule has 0 radical (unpaired) electrons. The minimum atomic E-state index is -3.32. The van der Waals surface area contributed by atoms with Crippen molar-refractivity contribution in [1.29, 1.82) is 0 Å². The van der Waals surface area contributed by atoms with Crippen LogP contribution >= 0.6 is 0 Å². The van der Waals surface area contributed by atoms with E-state index in [1.165, 1.54) is 82.8 Å². The fraction of sp³-hybridized carbons (Fsp3) is 0.750. The predicted octanol–water partition coefficient (Wildman–Crippen LogP) is 5.75. The average Bonchev–Trinajstić information content (AvgIpc) is 2.72. The molecule has 0 saturated carbocycles. The van der Waals surface area contributed by atoms with Gasteiger partial charge in [0.25, 0.3) is 0 Å². The van der Waals surface area contributed by atoms with Gasteiger partial charge in [-0.25, -0.2) is 13.1 Å². The summed E-state index contributed by atoms with van der Waals surface area (Å²) in [5.41, 5.74) is 0.548. The number of nitrogens with one attached hydrogen (secondary N) is 1. The molecule has 0 aliphatic carbocycles. The molecule has 6 nitrogen and oxygen atoms in total. The molecule has 0 bridgehead atoms. The molecule has 31 heavy (non-hydrogen) atoms. The van der Waals surface area contributed by atoms with Crippen LogP contribution in [0.3, 0.4) is 0 Å². The fourth-order valence-electron chi connectivity index (χ4n) is 3.71. The van der Waals surface area contributed by atoms with Crippen LogP contribution in [0, 0.1) is 0 Å². The summed E-state index contributed by atoms with van der Waals surface area (Å²) in [5, 5.41) is 28.3. The monoisotopic (exact) mass is 457 g/mol. The van der Waals surface area contributed by atoms with E-state index in [0.29, 0.717) is 18.4 Å². The Hall–Kier alpha value is -1.47. The van der Waals surface area contributed by atoms with Crippen molar-refractivity contribution in [3.8, 4) is 17.2 Å². The molecule has 0 saturated heterocycles. The number of hydrogen-bond donors (Lipinski definition) is 4. The first kappa shape index (κ1) is 27.6. The normalized spacial score (nSPS) is 11.8. The second-order valence-corrected chi connectivity index (χ2v) is 10.5. The van der Waals surface area contributed by atoms with E-state index < -0.39 is 27.3 Å². The quantitative estimate of drug-likeness (QED) is 0.156. The molecule has 0 heterocycles. The molecule has 0 atom stereocenters. The van der Waals surface area contributed by atoms with E-state index >= 15 is 0 Å². The SMILES string of the molecule is CCCCCCCCCCCCCCCCS(=O)(=O)NCCc1cc(O)c(O)c(O)c1. The maximum absolute atomic E-state index is 12.1. The standard InChI is InChI=1S/C24H43NO5S/c1-2-3-4-5-6-7-8-9-10-11-12-13-14-15-18-31(29,30)25-17-16-21-19-22(26)24(28)23(27)20-21/h19-20,25-28H,2-18H2,1H3. The van der Waals surface area contributed by atoms with Crippen LogP contribution in [-0.2, 0) is 16.4 Å². The van der Waals surface area contributed by atoms with Gasteiger partial charge in [0.15, 0.2) is 17.2 Å². The van der Waals surface area contributed by atoms with Crippen LogP contribution in [-0.4, -0.2) is 36.0 Å². The van der Waals surface area contributed by atoms with E-state index in [9.17, 15) is 23.7 Å². The smallest absolute Gasteiger partial charge is 0.211 e. The second-order valence-electron chi connectivity index (χ2n) is 8.54. The summed E-state index contributed by atoms with van der Waals surface area (Å²) in [5.74, 6) is -1.28. The molecular weight excluding hydrogens is 414 g/mol. The molecule has 0 aromatic heterocycles. The van der Waals surface area contributed by atoms with Gasteiger partial charge in [0.2, 0.25) is 10.0 Å².